The molecule has 2 fully saturated rings. The van der Waals surface area contributed by atoms with Crippen molar-refractivity contribution in [2.24, 2.45) is 16.7 Å². The third-order valence-corrected chi connectivity index (χ3v) is 5.19. The maximum absolute atomic E-state index is 11.4. The van der Waals surface area contributed by atoms with Crippen LogP contribution in [0.25, 0.3) is 0 Å². The Kier molecular flexibility index (Phi) is 2.53. The lowest BCUT2D eigenvalue weighted by atomic mass is 9.70. The molecule has 2 nitrogen and oxygen atoms in total. The molecular formula is C14H20O2. The van der Waals surface area contributed by atoms with Crippen molar-refractivity contribution in [3.63, 3.8) is 0 Å². The molecule has 2 bridgehead atoms. The molecule has 0 amide bonds. The number of carbonyl (C=O) groups excluding carboxylic acids is 1. The van der Waals surface area contributed by atoms with Crippen LogP contribution in [0.3, 0.4) is 0 Å². The maximum Gasteiger partial charge on any atom is 0.384 e. The van der Waals surface area contributed by atoms with E-state index in [1.165, 1.54) is 12.8 Å². The van der Waals surface area contributed by atoms with Crippen LogP contribution in [-0.2, 0) is 9.53 Å². The molecule has 2 aliphatic carbocycles. The molecule has 3 atom stereocenters. The van der Waals surface area contributed by atoms with Crippen LogP contribution in [0.1, 0.15) is 47.0 Å². The van der Waals surface area contributed by atoms with E-state index in [0.29, 0.717) is 5.92 Å². The summed E-state index contributed by atoms with van der Waals surface area (Å²) in [5.41, 5.74) is 0.431. The zero-order chi connectivity index (χ0) is 12.0. The number of carbonyl (C=O) groups is 1. The van der Waals surface area contributed by atoms with Crippen molar-refractivity contribution in [2.45, 2.75) is 53.1 Å². The molecule has 2 rings (SSSR count). The average molecular weight is 220 g/mol. The van der Waals surface area contributed by atoms with E-state index in [2.05, 4.69) is 32.6 Å². The second-order valence-electron chi connectivity index (χ2n) is 5.88. The van der Waals surface area contributed by atoms with Gasteiger partial charge >= 0.3 is 5.97 Å². The first kappa shape index (κ1) is 11.5. The maximum atomic E-state index is 11.4. The predicted octanol–water partition coefficient (Wildman–Crippen LogP) is 2.77. The smallest absolute Gasteiger partial charge is 0.384 e. The van der Waals surface area contributed by atoms with Gasteiger partial charge in [0.1, 0.15) is 6.10 Å². The van der Waals surface area contributed by atoms with Gasteiger partial charge in [0.05, 0.1) is 0 Å². The highest BCUT2D eigenvalue weighted by Crippen LogP contribution is 2.66. The molecule has 16 heavy (non-hydrogen) atoms. The Bertz CT molecular complexity index is 372. The van der Waals surface area contributed by atoms with Gasteiger partial charge in [-0.1, -0.05) is 26.7 Å². The minimum absolute atomic E-state index is 0.0644. The minimum atomic E-state index is -0.364. The normalized spacial score (nSPS) is 39.0. The van der Waals surface area contributed by atoms with E-state index in [4.69, 9.17) is 4.74 Å². The van der Waals surface area contributed by atoms with Crippen LogP contribution in [-0.4, -0.2) is 12.1 Å². The number of ether oxygens (including phenoxy) is 1. The summed E-state index contributed by atoms with van der Waals surface area (Å²) in [7, 11) is 0. The predicted molar refractivity (Wildman–Crippen MR) is 62.6 cm³/mol. The fourth-order valence-corrected chi connectivity index (χ4v) is 3.57. The molecule has 2 heteroatoms. The van der Waals surface area contributed by atoms with Gasteiger partial charge < -0.3 is 4.74 Å². The highest BCUT2D eigenvalue weighted by molar-refractivity contribution is 5.88. The first-order chi connectivity index (χ1) is 7.41. The van der Waals surface area contributed by atoms with E-state index in [0.717, 1.165) is 6.42 Å². The molecule has 2 saturated carbocycles. The van der Waals surface area contributed by atoms with Crippen LogP contribution in [0.4, 0.5) is 0 Å². The molecule has 0 aromatic carbocycles. The Morgan fingerprint density at radius 3 is 2.50 bits per heavy atom. The van der Waals surface area contributed by atoms with Gasteiger partial charge in [-0.3, -0.25) is 0 Å². The van der Waals surface area contributed by atoms with Gasteiger partial charge in [0.2, 0.25) is 0 Å². The molecule has 2 aliphatic rings. The highest BCUT2D eigenvalue weighted by atomic mass is 16.5. The summed E-state index contributed by atoms with van der Waals surface area (Å²) in [6, 6.07) is 0. The van der Waals surface area contributed by atoms with E-state index < -0.39 is 0 Å². The zero-order valence-electron chi connectivity index (χ0n) is 10.6. The quantitative estimate of drug-likeness (QED) is 0.386. The number of rotatable bonds is 1. The van der Waals surface area contributed by atoms with Gasteiger partial charge in [-0.2, -0.15) is 0 Å². The summed E-state index contributed by atoms with van der Waals surface area (Å²) in [5.74, 6) is 5.39. The fraction of sp³-hybridized carbons (Fsp3) is 0.786. The fourth-order valence-electron chi connectivity index (χ4n) is 3.57. The van der Waals surface area contributed by atoms with Gasteiger partial charge in [-0.05, 0) is 37.5 Å². The Hall–Kier alpha value is -0.970. The van der Waals surface area contributed by atoms with Crippen LogP contribution in [0.5, 0.6) is 0 Å². The van der Waals surface area contributed by atoms with Crippen molar-refractivity contribution in [2.75, 3.05) is 0 Å². The molecule has 0 radical (unpaired) electrons. The lowest BCUT2D eigenvalue weighted by Crippen LogP contribution is -2.38. The Morgan fingerprint density at radius 2 is 2.06 bits per heavy atom. The molecular weight excluding hydrogens is 200 g/mol. The largest absolute Gasteiger partial charge is 0.452 e. The average Bonchev–Trinajstić information content (AvgIpc) is 2.51. The van der Waals surface area contributed by atoms with E-state index in [1.54, 1.807) is 6.92 Å². The summed E-state index contributed by atoms with van der Waals surface area (Å²) in [4.78, 5) is 11.4. The molecule has 0 aliphatic heterocycles. The van der Waals surface area contributed by atoms with Gasteiger partial charge in [0, 0.05) is 11.3 Å². The van der Waals surface area contributed by atoms with Crippen LogP contribution < -0.4 is 0 Å². The molecule has 0 unspecified atom stereocenters. The summed E-state index contributed by atoms with van der Waals surface area (Å²) in [6.45, 7) is 8.54. The molecule has 0 saturated heterocycles. The van der Waals surface area contributed by atoms with Crippen molar-refractivity contribution >= 4 is 5.97 Å². The third-order valence-electron chi connectivity index (χ3n) is 5.19. The van der Waals surface area contributed by atoms with Gasteiger partial charge in [-0.15, -0.1) is 0 Å². The van der Waals surface area contributed by atoms with Gasteiger partial charge in [0.25, 0.3) is 0 Å². The molecule has 0 N–H and O–H groups in total. The number of hydrogen-bond acceptors (Lipinski definition) is 2. The summed E-state index contributed by atoms with van der Waals surface area (Å²) >= 11 is 0. The van der Waals surface area contributed by atoms with Crippen molar-refractivity contribution in [1.82, 2.24) is 0 Å². The summed E-state index contributed by atoms with van der Waals surface area (Å²) < 4.78 is 5.51. The van der Waals surface area contributed by atoms with Crippen molar-refractivity contribution in [3.05, 3.63) is 0 Å². The van der Waals surface area contributed by atoms with E-state index in [9.17, 15) is 4.79 Å². The molecule has 88 valence electrons. The van der Waals surface area contributed by atoms with Crippen molar-refractivity contribution in [1.29, 1.82) is 0 Å². The minimum Gasteiger partial charge on any atom is -0.452 e. The monoisotopic (exact) mass is 220 g/mol. The second-order valence-corrected chi connectivity index (χ2v) is 5.88. The Balaban J connectivity index is 2.15. The molecule has 0 heterocycles. The lowest BCUT2D eigenvalue weighted by molar-refractivity contribution is -0.149. The first-order valence-corrected chi connectivity index (χ1v) is 6.05. The lowest BCUT2D eigenvalue weighted by Gasteiger charge is -2.38. The molecule has 0 aromatic rings. The van der Waals surface area contributed by atoms with Crippen molar-refractivity contribution in [3.8, 4) is 11.8 Å². The SMILES string of the molecule is CC#CC(=O)O[C@@H]1C[C@@H]2CC[C@@]1(C)C2(C)C. The summed E-state index contributed by atoms with van der Waals surface area (Å²) in [6.07, 6.45) is 3.52. The van der Waals surface area contributed by atoms with Crippen LogP contribution >= 0.6 is 0 Å². The molecule has 0 aromatic heterocycles. The number of esters is 1. The van der Waals surface area contributed by atoms with Crippen LogP contribution in [0, 0.1) is 28.6 Å². The second kappa shape index (κ2) is 3.52. The van der Waals surface area contributed by atoms with E-state index in [-0.39, 0.29) is 22.9 Å². The topological polar surface area (TPSA) is 26.3 Å². The Morgan fingerprint density at radius 1 is 1.38 bits per heavy atom. The molecule has 0 spiro atoms. The number of fused-ring (bicyclic) bond motifs is 2. The highest BCUT2D eigenvalue weighted by Gasteiger charge is 2.62. The Labute approximate surface area is 97.7 Å². The van der Waals surface area contributed by atoms with Crippen LogP contribution in [0.15, 0.2) is 0 Å². The van der Waals surface area contributed by atoms with Crippen LogP contribution in [0.2, 0.25) is 0 Å². The van der Waals surface area contributed by atoms with E-state index >= 15 is 0 Å². The number of hydrogen-bond donors (Lipinski definition) is 0. The van der Waals surface area contributed by atoms with Crippen molar-refractivity contribution < 1.29 is 9.53 Å². The zero-order valence-corrected chi connectivity index (χ0v) is 10.6. The van der Waals surface area contributed by atoms with Gasteiger partial charge in [0.15, 0.2) is 0 Å². The summed E-state index contributed by atoms with van der Waals surface area (Å²) in [5, 5.41) is 0. The van der Waals surface area contributed by atoms with E-state index in [1.807, 2.05) is 0 Å². The third kappa shape index (κ3) is 1.38. The standard InChI is InChI=1S/C14H20O2/c1-5-6-12(15)16-11-9-10-7-8-14(11,4)13(10,2)3/h10-11H,7-9H2,1-4H3/t10-,11+,14+/m0/s1. The van der Waals surface area contributed by atoms with Gasteiger partial charge in [-0.25, -0.2) is 4.79 Å². The first-order valence-electron chi connectivity index (χ1n) is 6.05.